The summed E-state index contributed by atoms with van der Waals surface area (Å²) in [5.41, 5.74) is 5.80. The highest BCUT2D eigenvalue weighted by Crippen LogP contribution is 2.43. The van der Waals surface area contributed by atoms with Gasteiger partial charge in [0.2, 0.25) is 0 Å². The van der Waals surface area contributed by atoms with Crippen LogP contribution in [0, 0.1) is 11.3 Å². The fraction of sp³-hybridized carbons (Fsp3) is 0.273. The van der Waals surface area contributed by atoms with Crippen molar-refractivity contribution in [3.8, 4) is 6.07 Å². The van der Waals surface area contributed by atoms with E-state index in [-0.39, 0.29) is 22.6 Å². The summed E-state index contributed by atoms with van der Waals surface area (Å²) < 4.78 is 45.1. The molecule has 45 heavy (non-hydrogen) atoms. The molecule has 1 atom stereocenters. The van der Waals surface area contributed by atoms with Crippen molar-refractivity contribution in [1.82, 2.24) is 20.4 Å². The first kappa shape index (κ1) is 28.6. The third-order valence-electron chi connectivity index (χ3n) is 8.71. The van der Waals surface area contributed by atoms with Gasteiger partial charge in [-0.05, 0) is 66.6 Å². The molecule has 2 aromatic carbocycles. The number of allylic oxidation sites excluding steroid dienone is 4. The summed E-state index contributed by atoms with van der Waals surface area (Å²) in [7, 11) is 0. The van der Waals surface area contributed by atoms with Gasteiger partial charge in [-0.25, -0.2) is 9.69 Å². The predicted molar refractivity (Wildman–Crippen MR) is 166 cm³/mol. The number of rotatable bonds is 5. The van der Waals surface area contributed by atoms with E-state index in [4.69, 9.17) is 0 Å². The van der Waals surface area contributed by atoms with Crippen LogP contribution >= 0.6 is 0 Å². The Morgan fingerprint density at radius 2 is 1.84 bits per heavy atom. The van der Waals surface area contributed by atoms with Gasteiger partial charge in [-0.15, -0.1) is 5.23 Å². The molecule has 12 heteroatoms. The molecule has 0 amide bonds. The summed E-state index contributed by atoms with van der Waals surface area (Å²) in [4.78, 5) is 15.0. The summed E-state index contributed by atoms with van der Waals surface area (Å²) in [6, 6.07) is 15.8. The van der Waals surface area contributed by atoms with Gasteiger partial charge >= 0.3 is 6.18 Å². The summed E-state index contributed by atoms with van der Waals surface area (Å²) in [6.45, 7) is 5.34. The number of nitrogens with one attached hydrogen (secondary N) is 3. The lowest BCUT2D eigenvalue weighted by Gasteiger charge is -2.33. The van der Waals surface area contributed by atoms with E-state index < -0.39 is 17.2 Å². The fourth-order valence-corrected chi connectivity index (χ4v) is 6.47. The maximum absolute atomic E-state index is 14.4. The number of hydrogen-bond acceptors (Lipinski definition) is 8. The molecule has 3 aliphatic heterocycles. The van der Waals surface area contributed by atoms with E-state index >= 15 is 0 Å². The largest absolute Gasteiger partial charge is 0.418 e. The van der Waals surface area contributed by atoms with Gasteiger partial charge in [0.1, 0.15) is 5.41 Å². The number of hydrogen-bond donors (Lipinski definition) is 3. The Kier molecular flexibility index (Phi) is 6.85. The van der Waals surface area contributed by atoms with Gasteiger partial charge in [-0.2, -0.15) is 18.4 Å². The lowest BCUT2D eigenvalue weighted by molar-refractivity contribution is -0.137. The minimum atomic E-state index is -4.63. The van der Waals surface area contributed by atoms with Crippen LogP contribution in [-0.2, 0) is 16.4 Å². The quantitative estimate of drug-likeness (QED) is 0.391. The molecule has 9 nitrogen and oxygen atoms in total. The normalized spacial score (nSPS) is 21.2. The molecule has 1 aliphatic carbocycles. The maximum Gasteiger partial charge on any atom is 0.418 e. The third-order valence-corrected chi connectivity index (χ3v) is 8.71. The van der Waals surface area contributed by atoms with E-state index in [0.29, 0.717) is 44.8 Å². The summed E-state index contributed by atoms with van der Waals surface area (Å²) in [6.07, 6.45) is 3.42. The topological polar surface area (TPSA) is 91.6 Å². The van der Waals surface area contributed by atoms with Crippen molar-refractivity contribution >= 4 is 28.4 Å². The zero-order valence-corrected chi connectivity index (χ0v) is 24.5. The summed E-state index contributed by atoms with van der Waals surface area (Å²) in [5.74, 6) is -0.321. The SMILES string of the molecule is CCN1C2=C(CNc3ccc(C4=CC(C#N)(c5ccc(N6CCNCC6)c(C(F)(F)F)c5)C=CC4=O)cc32)NN1n1cccc1. The zero-order chi connectivity index (χ0) is 31.3. The molecule has 0 radical (unpaired) electrons. The molecule has 0 spiro atoms. The van der Waals surface area contributed by atoms with E-state index in [1.165, 1.54) is 24.3 Å². The first-order valence-corrected chi connectivity index (χ1v) is 14.9. The van der Waals surface area contributed by atoms with Crippen LogP contribution < -0.4 is 26.2 Å². The van der Waals surface area contributed by atoms with Crippen molar-refractivity contribution < 1.29 is 18.0 Å². The average molecular weight is 613 g/mol. The number of nitrogens with zero attached hydrogens (tertiary/aromatic N) is 5. The van der Waals surface area contributed by atoms with Crippen molar-refractivity contribution in [3.63, 3.8) is 0 Å². The van der Waals surface area contributed by atoms with E-state index in [1.807, 2.05) is 53.5 Å². The standard InChI is InChI=1S/C33H31F3N8O/c1-2-43-31-24-17-22(5-7-27(24)39-20-28(31)40-44(43)42-13-3-4-14-42)25-19-32(21-37,10-9-30(25)45)23-6-8-29(26(18-23)33(34,35)36)41-15-11-38-12-16-41/h3-10,13-14,17-19,38-40H,2,11-12,15-16,20H2,1H3. The first-order chi connectivity index (χ1) is 21.7. The number of hydrazine groups is 2. The number of fused-ring (bicyclic) bond motifs is 2. The summed E-state index contributed by atoms with van der Waals surface area (Å²) in [5, 5.41) is 21.0. The van der Waals surface area contributed by atoms with Gasteiger partial charge in [0.25, 0.3) is 0 Å². The Hall–Kier alpha value is -5.15. The van der Waals surface area contributed by atoms with Gasteiger partial charge < -0.3 is 15.5 Å². The second-order valence-corrected chi connectivity index (χ2v) is 11.3. The number of piperazine rings is 1. The average Bonchev–Trinajstić information content (AvgIpc) is 3.73. The lowest BCUT2D eigenvalue weighted by atomic mass is 9.74. The highest BCUT2D eigenvalue weighted by atomic mass is 19.4. The van der Waals surface area contributed by atoms with Gasteiger partial charge in [-0.1, -0.05) is 18.2 Å². The fourth-order valence-electron chi connectivity index (χ4n) is 6.47. The van der Waals surface area contributed by atoms with Crippen LogP contribution in [0.5, 0.6) is 0 Å². The van der Waals surface area contributed by atoms with Crippen LogP contribution in [0.2, 0.25) is 0 Å². The molecule has 1 fully saturated rings. The van der Waals surface area contributed by atoms with Crippen LogP contribution in [0.3, 0.4) is 0 Å². The molecule has 1 unspecified atom stereocenters. The Bertz CT molecular complexity index is 1800. The Morgan fingerprint density at radius 3 is 2.56 bits per heavy atom. The number of aromatic nitrogens is 1. The molecular weight excluding hydrogens is 581 g/mol. The molecule has 7 rings (SSSR count). The number of ketones is 1. The van der Waals surface area contributed by atoms with Crippen LogP contribution in [0.4, 0.5) is 24.5 Å². The maximum atomic E-state index is 14.4. The molecule has 4 aliphatic rings. The van der Waals surface area contributed by atoms with Crippen LogP contribution in [0.15, 0.2) is 84.8 Å². The minimum Gasteiger partial charge on any atom is -0.379 e. The van der Waals surface area contributed by atoms with E-state index in [2.05, 4.69) is 27.1 Å². The van der Waals surface area contributed by atoms with Crippen molar-refractivity contribution in [2.24, 2.45) is 0 Å². The van der Waals surface area contributed by atoms with Crippen molar-refractivity contribution in [3.05, 3.63) is 107 Å². The number of halogens is 3. The molecule has 1 aromatic heterocycles. The molecule has 3 aromatic rings. The lowest BCUT2D eigenvalue weighted by Crippen LogP contribution is -2.50. The summed E-state index contributed by atoms with van der Waals surface area (Å²) >= 11 is 0. The predicted octanol–water partition coefficient (Wildman–Crippen LogP) is 4.39. The molecule has 0 saturated carbocycles. The third kappa shape index (κ3) is 4.80. The number of alkyl halides is 3. The number of nitriles is 1. The monoisotopic (exact) mass is 612 g/mol. The molecule has 230 valence electrons. The second kappa shape index (κ2) is 10.8. The highest BCUT2D eigenvalue weighted by molar-refractivity contribution is 6.27. The van der Waals surface area contributed by atoms with E-state index in [0.717, 1.165) is 28.7 Å². The van der Waals surface area contributed by atoms with Crippen LogP contribution in [0.25, 0.3) is 11.3 Å². The van der Waals surface area contributed by atoms with Gasteiger partial charge in [0.05, 0.1) is 29.6 Å². The smallest absolute Gasteiger partial charge is 0.379 e. The molecule has 0 bridgehead atoms. The first-order valence-electron chi connectivity index (χ1n) is 14.9. The molecule has 1 saturated heterocycles. The van der Waals surface area contributed by atoms with Gasteiger partial charge in [-0.3, -0.25) is 10.2 Å². The Morgan fingerprint density at radius 1 is 1.07 bits per heavy atom. The van der Waals surface area contributed by atoms with Crippen molar-refractivity contribution in [2.45, 2.75) is 18.5 Å². The number of carbonyl (C=O) groups excluding carboxylic acids is 1. The van der Waals surface area contributed by atoms with Crippen LogP contribution in [0.1, 0.15) is 29.2 Å². The van der Waals surface area contributed by atoms with Crippen LogP contribution in [-0.4, -0.2) is 54.7 Å². The van der Waals surface area contributed by atoms with Crippen molar-refractivity contribution in [2.75, 3.05) is 54.7 Å². The van der Waals surface area contributed by atoms with Crippen molar-refractivity contribution in [1.29, 1.82) is 5.26 Å². The Balaban J connectivity index is 1.29. The van der Waals surface area contributed by atoms with E-state index in [9.17, 15) is 23.2 Å². The Labute approximate surface area is 258 Å². The number of carbonyl (C=O) groups is 1. The molecule has 4 heterocycles. The van der Waals surface area contributed by atoms with Gasteiger partial charge in [0, 0.05) is 67.6 Å². The minimum absolute atomic E-state index is 0.0896. The highest BCUT2D eigenvalue weighted by Gasteiger charge is 2.40. The number of benzene rings is 2. The molecule has 3 N–H and O–H groups in total. The molecular formula is C33H31F3N8O. The second-order valence-electron chi connectivity index (χ2n) is 11.3. The zero-order valence-electron chi connectivity index (χ0n) is 24.5. The van der Waals surface area contributed by atoms with E-state index in [1.54, 1.807) is 17.0 Å². The number of anilines is 2. The van der Waals surface area contributed by atoms with Gasteiger partial charge in [0.15, 0.2) is 5.78 Å².